The molecule has 0 saturated carbocycles. The molecule has 39 heavy (non-hydrogen) atoms. The van der Waals surface area contributed by atoms with Crippen LogP contribution in [0.2, 0.25) is 0 Å². The van der Waals surface area contributed by atoms with Crippen molar-refractivity contribution in [3.63, 3.8) is 0 Å². The molecule has 0 spiro atoms. The normalized spacial score (nSPS) is 16.4. The fourth-order valence-electron chi connectivity index (χ4n) is 4.32. The summed E-state index contributed by atoms with van der Waals surface area (Å²) in [6.45, 7) is 6.49. The summed E-state index contributed by atoms with van der Waals surface area (Å²) in [4.78, 5) is 40.3. The zero-order valence-corrected chi connectivity index (χ0v) is 22.3. The zero-order valence-electron chi connectivity index (χ0n) is 22.3. The van der Waals surface area contributed by atoms with Crippen LogP contribution in [0.3, 0.4) is 0 Å². The van der Waals surface area contributed by atoms with Crippen LogP contribution in [0.4, 0.5) is 5.69 Å². The van der Waals surface area contributed by atoms with Gasteiger partial charge in [-0.1, -0.05) is 38.1 Å². The smallest absolute Gasteiger partial charge is 0.338 e. The van der Waals surface area contributed by atoms with Crippen LogP contribution in [0.1, 0.15) is 48.3 Å². The Morgan fingerprint density at radius 2 is 1.64 bits per heavy atom. The summed E-state index contributed by atoms with van der Waals surface area (Å²) < 4.78 is 16.1. The third-order valence-corrected chi connectivity index (χ3v) is 6.22. The van der Waals surface area contributed by atoms with E-state index >= 15 is 0 Å². The highest BCUT2D eigenvalue weighted by Crippen LogP contribution is 2.42. The van der Waals surface area contributed by atoms with E-state index in [0.29, 0.717) is 46.4 Å². The number of anilines is 1. The highest BCUT2D eigenvalue weighted by Gasteiger charge is 2.47. The summed E-state index contributed by atoms with van der Waals surface area (Å²) in [6.07, 6.45) is 0. The number of hydrogen-bond donors (Lipinski definition) is 1. The first-order chi connectivity index (χ1) is 18.7. The van der Waals surface area contributed by atoms with Crippen molar-refractivity contribution < 1.29 is 33.7 Å². The number of nitrogens with zero attached hydrogens (tertiary/aromatic N) is 1. The SMILES string of the molecule is CCOC(=O)c1ccc(N2C(=O)C(=O)/C(=C(/O)c3cccc(OCC(C)C)c3)C2c2ccc(OC)cc2)cc1. The van der Waals surface area contributed by atoms with Crippen LogP contribution in [0.15, 0.2) is 78.4 Å². The maximum atomic E-state index is 13.4. The van der Waals surface area contributed by atoms with Gasteiger partial charge in [-0.05, 0) is 66.9 Å². The highest BCUT2D eigenvalue weighted by atomic mass is 16.5. The number of ether oxygens (including phenoxy) is 3. The van der Waals surface area contributed by atoms with Gasteiger partial charge in [-0.15, -0.1) is 0 Å². The average molecular weight is 530 g/mol. The molecule has 4 rings (SSSR count). The zero-order chi connectivity index (χ0) is 28.1. The molecule has 1 amide bonds. The number of aliphatic hydroxyl groups excluding tert-OH is 1. The topological polar surface area (TPSA) is 102 Å². The molecule has 1 aliphatic rings. The molecular weight excluding hydrogens is 498 g/mol. The van der Waals surface area contributed by atoms with Crippen LogP contribution in [0.5, 0.6) is 11.5 Å². The molecule has 8 heteroatoms. The fraction of sp³-hybridized carbons (Fsp3) is 0.258. The molecule has 1 heterocycles. The third-order valence-electron chi connectivity index (χ3n) is 6.22. The number of carbonyl (C=O) groups excluding carboxylic acids is 3. The van der Waals surface area contributed by atoms with Crippen LogP contribution >= 0.6 is 0 Å². The molecule has 3 aromatic rings. The predicted octanol–water partition coefficient (Wildman–Crippen LogP) is 5.53. The monoisotopic (exact) mass is 529 g/mol. The van der Waals surface area contributed by atoms with Crippen LogP contribution in [0.25, 0.3) is 5.76 Å². The molecule has 0 bridgehead atoms. The second kappa shape index (κ2) is 11.9. The lowest BCUT2D eigenvalue weighted by atomic mass is 9.95. The second-order valence-corrected chi connectivity index (χ2v) is 9.44. The van der Waals surface area contributed by atoms with E-state index in [1.54, 1.807) is 74.7 Å². The Balaban J connectivity index is 1.82. The number of ketones is 1. The number of methoxy groups -OCH3 is 1. The quantitative estimate of drug-likeness (QED) is 0.168. The molecule has 0 radical (unpaired) electrons. The van der Waals surface area contributed by atoms with Crippen molar-refractivity contribution in [1.29, 1.82) is 0 Å². The summed E-state index contributed by atoms with van der Waals surface area (Å²) in [5.41, 5.74) is 1.60. The van der Waals surface area contributed by atoms with Crippen LogP contribution in [-0.4, -0.2) is 43.1 Å². The molecular formula is C31H31NO7. The van der Waals surface area contributed by atoms with E-state index < -0.39 is 23.7 Å². The van der Waals surface area contributed by atoms with E-state index in [4.69, 9.17) is 14.2 Å². The van der Waals surface area contributed by atoms with Crippen LogP contribution in [-0.2, 0) is 14.3 Å². The van der Waals surface area contributed by atoms with Gasteiger partial charge in [0.05, 0.1) is 37.5 Å². The van der Waals surface area contributed by atoms with Crippen molar-refractivity contribution >= 4 is 29.1 Å². The van der Waals surface area contributed by atoms with E-state index in [1.165, 1.54) is 17.0 Å². The van der Waals surface area contributed by atoms with Crippen LogP contribution in [0, 0.1) is 5.92 Å². The lowest BCUT2D eigenvalue weighted by Crippen LogP contribution is -2.29. The van der Waals surface area contributed by atoms with Gasteiger partial charge in [0.25, 0.3) is 11.7 Å². The first kappa shape index (κ1) is 27.4. The molecule has 1 atom stereocenters. The van der Waals surface area contributed by atoms with Gasteiger partial charge in [0.1, 0.15) is 17.3 Å². The van der Waals surface area contributed by atoms with Gasteiger partial charge in [0, 0.05) is 11.3 Å². The minimum atomic E-state index is -0.926. The van der Waals surface area contributed by atoms with Gasteiger partial charge in [-0.2, -0.15) is 0 Å². The predicted molar refractivity (Wildman–Crippen MR) is 147 cm³/mol. The Bertz CT molecular complexity index is 1390. The van der Waals surface area contributed by atoms with Crippen molar-refractivity contribution in [2.24, 2.45) is 5.92 Å². The molecule has 8 nitrogen and oxygen atoms in total. The average Bonchev–Trinajstić information content (AvgIpc) is 3.21. The molecule has 1 saturated heterocycles. The standard InChI is InChI=1S/C31H31NO7/c1-5-38-31(36)21-9-13-23(14-10-21)32-27(20-11-15-24(37-4)16-12-20)26(29(34)30(32)35)28(33)22-7-6-8-25(17-22)39-18-19(2)3/h6-17,19,27,33H,5,18H2,1-4H3/b28-26+. The number of rotatable bonds is 9. The maximum absolute atomic E-state index is 13.4. The number of esters is 1. The van der Waals surface area contributed by atoms with Gasteiger partial charge in [-0.3, -0.25) is 14.5 Å². The molecule has 0 aliphatic carbocycles. The van der Waals surface area contributed by atoms with Gasteiger partial charge >= 0.3 is 5.97 Å². The first-order valence-electron chi connectivity index (χ1n) is 12.7. The maximum Gasteiger partial charge on any atom is 0.338 e. The largest absolute Gasteiger partial charge is 0.507 e. The summed E-state index contributed by atoms with van der Waals surface area (Å²) in [5.74, 6) is -0.975. The Morgan fingerprint density at radius 1 is 0.949 bits per heavy atom. The lowest BCUT2D eigenvalue weighted by molar-refractivity contribution is -0.132. The number of hydrogen-bond acceptors (Lipinski definition) is 7. The number of benzene rings is 3. The first-order valence-corrected chi connectivity index (χ1v) is 12.7. The highest BCUT2D eigenvalue weighted by molar-refractivity contribution is 6.51. The van der Waals surface area contributed by atoms with E-state index in [0.717, 1.165) is 0 Å². The van der Waals surface area contributed by atoms with E-state index in [-0.39, 0.29) is 17.9 Å². The Morgan fingerprint density at radius 3 is 2.26 bits per heavy atom. The molecule has 1 fully saturated rings. The van der Waals surface area contributed by atoms with E-state index in [9.17, 15) is 19.5 Å². The van der Waals surface area contributed by atoms with Crippen molar-refractivity contribution in [1.82, 2.24) is 0 Å². The molecule has 3 aromatic carbocycles. The fourth-order valence-corrected chi connectivity index (χ4v) is 4.32. The second-order valence-electron chi connectivity index (χ2n) is 9.44. The summed E-state index contributed by atoms with van der Waals surface area (Å²) in [7, 11) is 1.54. The van der Waals surface area contributed by atoms with Crippen molar-refractivity contribution in [2.75, 3.05) is 25.2 Å². The third kappa shape index (κ3) is 5.80. The lowest BCUT2D eigenvalue weighted by Gasteiger charge is -2.25. The number of aliphatic hydroxyl groups is 1. The Hall–Kier alpha value is -4.59. The number of amides is 1. The van der Waals surface area contributed by atoms with Crippen LogP contribution < -0.4 is 14.4 Å². The van der Waals surface area contributed by atoms with Crippen molar-refractivity contribution in [3.8, 4) is 11.5 Å². The molecule has 1 aliphatic heterocycles. The minimum Gasteiger partial charge on any atom is -0.507 e. The molecule has 1 N–H and O–H groups in total. The molecule has 202 valence electrons. The summed E-state index contributed by atoms with van der Waals surface area (Å²) >= 11 is 0. The van der Waals surface area contributed by atoms with Crippen molar-refractivity contribution in [3.05, 3.63) is 95.1 Å². The van der Waals surface area contributed by atoms with Gasteiger partial charge in [0.2, 0.25) is 0 Å². The van der Waals surface area contributed by atoms with Gasteiger partial charge in [0.15, 0.2) is 0 Å². The Kier molecular flexibility index (Phi) is 8.34. The minimum absolute atomic E-state index is 0.0550. The van der Waals surface area contributed by atoms with Gasteiger partial charge < -0.3 is 19.3 Å². The van der Waals surface area contributed by atoms with E-state index in [2.05, 4.69) is 0 Å². The summed E-state index contributed by atoms with van der Waals surface area (Å²) in [6, 6.07) is 19.0. The number of carbonyl (C=O) groups is 3. The summed E-state index contributed by atoms with van der Waals surface area (Å²) in [5, 5.41) is 11.4. The Labute approximate surface area is 227 Å². The van der Waals surface area contributed by atoms with Gasteiger partial charge in [-0.25, -0.2) is 4.79 Å². The molecule has 1 unspecified atom stereocenters. The molecule has 0 aromatic heterocycles. The van der Waals surface area contributed by atoms with Crippen molar-refractivity contribution in [2.45, 2.75) is 26.8 Å². The van der Waals surface area contributed by atoms with E-state index in [1.807, 2.05) is 13.8 Å². The number of Topliss-reactive ketones (excluding diaryl/α,β-unsaturated/α-hetero) is 1.